The van der Waals surface area contributed by atoms with Crippen molar-refractivity contribution in [1.29, 1.82) is 0 Å². The molecule has 0 spiro atoms. The number of aryl methyl sites for hydroxylation is 2. The highest BCUT2D eigenvalue weighted by molar-refractivity contribution is 7.98. The van der Waals surface area contributed by atoms with Gasteiger partial charge in [0.25, 0.3) is 5.91 Å². The van der Waals surface area contributed by atoms with E-state index in [1.54, 1.807) is 48.8 Å². The van der Waals surface area contributed by atoms with E-state index in [4.69, 9.17) is 0 Å². The predicted octanol–water partition coefficient (Wildman–Crippen LogP) is 5.04. The van der Waals surface area contributed by atoms with Gasteiger partial charge in [-0.2, -0.15) is 0 Å². The second-order valence-corrected chi connectivity index (χ2v) is 14.3. The largest absolute Gasteiger partial charge is 0.504 e. The molecule has 0 saturated carbocycles. The van der Waals surface area contributed by atoms with E-state index in [1.165, 1.54) is 11.6 Å². The maximum Gasteiger partial charge on any atom is 0.259 e. The number of rotatable bonds is 8. The van der Waals surface area contributed by atoms with E-state index in [2.05, 4.69) is 71.1 Å². The van der Waals surface area contributed by atoms with Crippen LogP contribution in [0, 0.1) is 0 Å². The van der Waals surface area contributed by atoms with Crippen LogP contribution in [0.15, 0.2) is 84.0 Å². The van der Waals surface area contributed by atoms with Crippen molar-refractivity contribution in [3.8, 4) is 11.5 Å². The molecule has 5 rings (SSSR count). The van der Waals surface area contributed by atoms with Crippen LogP contribution in [0.3, 0.4) is 0 Å². The summed E-state index contributed by atoms with van der Waals surface area (Å²) >= 11 is 0. The van der Waals surface area contributed by atoms with Gasteiger partial charge in [-0.1, -0.05) is 45.0 Å². The quantitative estimate of drug-likeness (QED) is 0.188. The number of aromatic hydroxyl groups is 2. The number of anilines is 2. The smallest absolute Gasteiger partial charge is 0.259 e. The minimum atomic E-state index is -2.74. The van der Waals surface area contributed by atoms with Crippen LogP contribution in [0.4, 0.5) is 11.6 Å². The molecule has 1 aromatic heterocycles. The summed E-state index contributed by atoms with van der Waals surface area (Å²) in [5.74, 6) is 3.31. The van der Waals surface area contributed by atoms with Gasteiger partial charge >= 0.3 is 0 Å². The molecule has 1 aliphatic rings. The van der Waals surface area contributed by atoms with E-state index >= 15 is 0 Å². The fraction of sp³-hybridized carbons (Fsp3) is 0.294. The van der Waals surface area contributed by atoms with Gasteiger partial charge in [-0.05, 0) is 83.3 Å². The molecule has 1 aliphatic heterocycles. The molecule has 4 aromatic rings. The monoisotopic (exact) mass is 613 g/mol. The molecule has 1 unspecified atom stereocenters. The van der Waals surface area contributed by atoms with Crippen LogP contribution in [0.25, 0.3) is 0 Å². The Kier molecular flexibility index (Phi) is 8.94. The SMILES string of the molecule is C=S(=O)(c1ccc(NC(=O)c2cc(CCc3ccc(C(C)(C)C)cc3)cc(O)c2O)cc1)N1CCN(c2ncccn2)CC1. The first-order valence-corrected chi connectivity index (χ1v) is 16.3. The van der Waals surface area contributed by atoms with E-state index in [0.29, 0.717) is 49.1 Å². The number of nitrogens with one attached hydrogen (secondary N) is 1. The van der Waals surface area contributed by atoms with Gasteiger partial charge in [0.05, 0.1) is 15.3 Å². The molecule has 2 heterocycles. The molecule has 1 atom stereocenters. The average molecular weight is 614 g/mol. The molecular formula is C34H39N5O4S. The van der Waals surface area contributed by atoms with Gasteiger partial charge in [0.2, 0.25) is 5.95 Å². The van der Waals surface area contributed by atoms with Crippen LogP contribution in [0.5, 0.6) is 11.5 Å². The number of hydrogen-bond acceptors (Lipinski definition) is 7. The van der Waals surface area contributed by atoms with E-state index in [-0.39, 0.29) is 16.7 Å². The Morgan fingerprint density at radius 3 is 2.14 bits per heavy atom. The Bertz CT molecular complexity index is 1710. The molecule has 1 saturated heterocycles. The summed E-state index contributed by atoms with van der Waals surface area (Å²) in [6.45, 7) is 8.86. The van der Waals surface area contributed by atoms with Crippen molar-refractivity contribution in [2.75, 3.05) is 36.4 Å². The highest BCUT2D eigenvalue weighted by Crippen LogP contribution is 2.32. The van der Waals surface area contributed by atoms with Crippen LogP contribution < -0.4 is 10.2 Å². The maximum absolute atomic E-state index is 13.7. The molecule has 3 N–H and O–H groups in total. The van der Waals surface area contributed by atoms with Crippen LogP contribution in [-0.2, 0) is 28.0 Å². The summed E-state index contributed by atoms with van der Waals surface area (Å²) < 4.78 is 15.6. The second-order valence-electron chi connectivity index (χ2n) is 12.0. The summed E-state index contributed by atoms with van der Waals surface area (Å²) in [6, 6.07) is 20.0. The van der Waals surface area contributed by atoms with Crippen molar-refractivity contribution in [3.63, 3.8) is 0 Å². The molecule has 9 nitrogen and oxygen atoms in total. The first kappa shape index (κ1) is 31.0. The minimum absolute atomic E-state index is 0.0200. The molecule has 3 aromatic carbocycles. The molecule has 1 amide bonds. The maximum atomic E-state index is 13.7. The van der Waals surface area contributed by atoms with E-state index < -0.39 is 21.4 Å². The Morgan fingerprint density at radius 2 is 1.52 bits per heavy atom. The molecule has 44 heavy (non-hydrogen) atoms. The summed E-state index contributed by atoms with van der Waals surface area (Å²) in [6.07, 6.45) is 4.71. The summed E-state index contributed by atoms with van der Waals surface area (Å²) in [7, 11) is -2.74. The molecule has 0 aliphatic carbocycles. The fourth-order valence-corrected chi connectivity index (χ4v) is 6.80. The number of piperazine rings is 1. The van der Waals surface area contributed by atoms with Crippen molar-refractivity contribution in [2.24, 2.45) is 0 Å². The van der Waals surface area contributed by atoms with Crippen LogP contribution in [0.2, 0.25) is 0 Å². The van der Waals surface area contributed by atoms with Gasteiger partial charge in [0, 0.05) is 49.2 Å². The molecule has 230 valence electrons. The van der Waals surface area contributed by atoms with Gasteiger partial charge in [0.1, 0.15) is 0 Å². The third kappa shape index (κ3) is 7.03. The van der Waals surface area contributed by atoms with Gasteiger partial charge in [0.15, 0.2) is 11.5 Å². The molecular weight excluding hydrogens is 574 g/mol. The Morgan fingerprint density at radius 1 is 0.909 bits per heavy atom. The lowest BCUT2D eigenvalue weighted by molar-refractivity contribution is 0.102. The third-order valence-corrected chi connectivity index (χ3v) is 10.1. The topological polar surface area (TPSA) is 119 Å². The van der Waals surface area contributed by atoms with E-state index in [9.17, 15) is 19.2 Å². The van der Waals surface area contributed by atoms with Crippen molar-refractivity contribution < 1.29 is 19.2 Å². The van der Waals surface area contributed by atoms with Crippen molar-refractivity contribution >= 4 is 33.1 Å². The molecule has 0 radical (unpaired) electrons. The van der Waals surface area contributed by atoms with Gasteiger partial charge in [-0.25, -0.2) is 18.5 Å². The van der Waals surface area contributed by atoms with Gasteiger partial charge in [-0.3, -0.25) is 4.79 Å². The molecule has 1 fully saturated rings. The van der Waals surface area contributed by atoms with Crippen LogP contribution in [-0.4, -0.2) is 66.7 Å². The lowest BCUT2D eigenvalue weighted by Crippen LogP contribution is -2.49. The Hall–Kier alpha value is -4.41. The normalized spacial score (nSPS) is 15.5. The highest BCUT2D eigenvalue weighted by Gasteiger charge is 2.25. The second kappa shape index (κ2) is 12.7. The van der Waals surface area contributed by atoms with Crippen molar-refractivity contribution in [1.82, 2.24) is 14.3 Å². The molecule has 10 heteroatoms. The zero-order valence-corrected chi connectivity index (χ0v) is 26.2. The summed E-state index contributed by atoms with van der Waals surface area (Å²) in [4.78, 5) is 24.3. The number of amides is 1. The van der Waals surface area contributed by atoms with E-state index in [0.717, 1.165) is 17.5 Å². The lowest BCUT2D eigenvalue weighted by Gasteiger charge is -2.36. The average Bonchev–Trinajstić information content (AvgIpc) is 3.02. The number of carbonyl (C=O) groups excluding carboxylic acids is 1. The van der Waals surface area contributed by atoms with E-state index in [1.807, 2.05) is 4.31 Å². The lowest BCUT2D eigenvalue weighted by atomic mass is 9.86. The summed E-state index contributed by atoms with van der Waals surface area (Å²) in [5, 5.41) is 23.6. The zero-order chi connectivity index (χ0) is 31.5. The number of nitrogens with zero attached hydrogens (tertiary/aromatic N) is 4. The third-order valence-electron chi connectivity index (χ3n) is 7.89. The van der Waals surface area contributed by atoms with Gasteiger partial charge < -0.3 is 20.4 Å². The number of phenols is 2. The number of carbonyl (C=O) groups is 1. The number of phenolic OH excluding ortho intramolecular Hbond substituents is 2. The minimum Gasteiger partial charge on any atom is -0.504 e. The van der Waals surface area contributed by atoms with Crippen LogP contribution >= 0.6 is 0 Å². The number of hydrogen-bond donors (Lipinski definition) is 3. The number of aromatic nitrogens is 2. The summed E-state index contributed by atoms with van der Waals surface area (Å²) in [5.41, 5.74) is 3.65. The molecule has 0 bridgehead atoms. The van der Waals surface area contributed by atoms with Gasteiger partial charge in [-0.15, -0.1) is 0 Å². The zero-order valence-electron chi connectivity index (χ0n) is 25.4. The Balaban J connectivity index is 1.22. The van der Waals surface area contributed by atoms with Crippen LogP contribution in [0.1, 0.15) is 47.8 Å². The first-order valence-electron chi connectivity index (χ1n) is 14.6. The number of benzene rings is 3. The highest BCUT2D eigenvalue weighted by atomic mass is 32.2. The standard InChI is InChI=1S/C34H39N5O4S/c1-34(2,3)26-10-8-24(9-11-26)6-7-25-22-29(31(41)30(40)23-25)32(42)37-27-12-14-28(15-13-27)44(4,43)39-20-18-38(19-21-39)33-35-16-5-17-36-33/h5,8-17,22-23,40-41H,4,6-7,18-21H2,1-3H3,(H,37,42). The predicted molar refractivity (Wildman–Crippen MR) is 176 cm³/mol. The van der Waals surface area contributed by atoms with Crippen molar-refractivity contribution in [3.05, 3.63) is 101 Å². The van der Waals surface area contributed by atoms with Crippen molar-refractivity contribution in [2.45, 2.75) is 43.9 Å². The Labute approximate surface area is 259 Å². The first-order chi connectivity index (χ1) is 20.9. The fourth-order valence-electron chi connectivity index (χ4n) is 5.19.